The van der Waals surface area contributed by atoms with Crippen LogP contribution in [0.25, 0.3) is 0 Å². The fourth-order valence-corrected chi connectivity index (χ4v) is 3.19. The highest BCUT2D eigenvalue weighted by molar-refractivity contribution is 5.95. The Balaban J connectivity index is 1.60. The highest BCUT2D eigenvalue weighted by atomic mass is 16.5. The van der Waals surface area contributed by atoms with E-state index in [0.717, 1.165) is 18.5 Å². The molecule has 142 valence electrons. The van der Waals surface area contributed by atoms with Gasteiger partial charge in [-0.05, 0) is 44.0 Å². The van der Waals surface area contributed by atoms with Crippen LogP contribution in [-0.4, -0.2) is 36.5 Å². The Morgan fingerprint density at radius 2 is 1.81 bits per heavy atom. The highest BCUT2D eigenvalue weighted by Gasteiger charge is 2.29. The number of para-hydroxylation sites is 3. The van der Waals surface area contributed by atoms with Gasteiger partial charge in [0.15, 0.2) is 0 Å². The number of ether oxygens (including phenoxy) is 1. The second-order valence-corrected chi connectivity index (χ2v) is 6.50. The molecule has 1 aliphatic rings. The molecule has 3 rings (SSSR count). The molecule has 2 N–H and O–H groups in total. The van der Waals surface area contributed by atoms with Crippen molar-refractivity contribution in [1.82, 2.24) is 4.90 Å². The summed E-state index contributed by atoms with van der Waals surface area (Å²) >= 11 is 0. The summed E-state index contributed by atoms with van der Waals surface area (Å²) in [6.07, 6.45) is 1.56. The molecule has 27 heavy (non-hydrogen) atoms. The fourth-order valence-electron chi connectivity index (χ4n) is 3.19. The van der Waals surface area contributed by atoms with Gasteiger partial charge in [0.1, 0.15) is 5.75 Å². The maximum Gasteiger partial charge on any atom is 0.321 e. The van der Waals surface area contributed by atoms with Crippen LogP contribution in [0.4, 0.5) is 16.2 Å². The maximum atomic E-state index is 12.7. The van der Waals surface area contributed by atoms with Gasteiger partial charge in [0.05, 0.1) is 18.2 Å². The van der Waals surface area contributed by atoms with E-state index in [2.05, 4.69) is 10.6 Å². The van der Waals surface area contributed by atoms with Crippen LogP contribution >= 0.6 is 0 Å². The molecular weight excluding hydrogens is 342 g/mol. The van der Waals surface area contributed by atoms with Crippen molar-refractivity contribution in [3.05, 3.63) is 54.6 Å². The Morgan fingerprint density at radius 1 is 1.07 bits per heavy atom. The third kappa shape index (κ3) is 5.00. The van der Waals surface area contributed by atoms with Crippen LogP contribution in [0.1, 0.15) is 19.8 Å². The number of hydrogen-bond donors (Lipinski definition) is 2. The number of likely N-dealkylation sites (tertiary alicyclic amines) is 1. The van der Waals surface area contributed by atoms with Crippen molar-refractivity contribution in [3.63, 3.8) is 0 Å². The number of amides is 3. The lowest BCUT2D eigenvalue weighted by atomic mass is 9.97. The van der Waals surface area contributed by atoms with Crippen molar-refractivity contribution in [2.75, 3.05) is 30.3 Å². The topological polar surface area (TPSA) is 70.7 Å². The van der Waals surface area contributed by atoms with E-state index in [1.807, 2.05) is 61.5 Å². The number of piperidine rings is 1. The number of nitrogens with one attached hydrogen (secondary N) is 2. The molecule has 0 spiro atoms. The second-order valence-electron chi connectivity index (χ2n) is 6.50. The molecule has 1 fully saturated rings. The monoisotopic (exact) mass is 367 g/mol. The largest absolute Gasteiger partial charge is 0.492 e. The van der Waals surface area contributed by atoms with E-state index in [9.17, 15) is 9.59 Å². The van der Waals surface area contributed by atoms with E-state index in [1.54, 1.807) is 4.90 Å². The average Bonchev–Trinajstić information content (AvgIpc) is 2.70. The predicted molar refractivity (Wildman–Crippen MR) is 106 cm³/mol. The van der Waals surface area contributed by atoms with Crippen molar-refractivity contribution < 1.29 is 14.3 Å². The quantitative estimate of drug-likeness (QED) is 0.840. The maximum absolute atomic E-state index is 12.7. The van der Waals surface area contributed by atoms with Gasteiger partial charge in [-0.1, -0.05) is 30.3 Å². The second kappa shape index (κ2) is 9.07. The van der Waals surface area contributed by atoms with Crippen LogP contribution < -0.4 is 15.4 Å². The number of anilines is 2. The summed E-state index contributed by atoms with van der Waals surface area (Å²) in [6, 6.07) is 16.6. The molecule has 0 bridgehead atoms. The summed E-state index contributed by atoms with van der Waals surface area (Å²) in [5.74, 6) is 0.331. The molecule has 6 nitrogen and oxygen atoms in total. The van der Waals surface area contributed by atoms with Gasteiger partial charge in [-0.15, -0.1) is 0 Å². The van der Waals surface area contributed by atoms with Crippen molar-refractivity contribution in [2.24, 2.45) is 5.92 Å². The number of urea groups is 1. The smallest absolute Gasteiger partial charge is 0.321 e. The van der Waals surface area contributed by atoms with Gasteiger partial charge in [0, 0.05) is 18.8 Å². The third-order valence-corrected chi connectivity index (χ3v) is 4.55. The van der Waals surface area contributed by atoms with Crippen LogP contribution in [0.3, 0.4) is 0 Å². The zero-order valence-electron chi connectivity index (χ0n) is 15.5. The molecule has 0 saturated carbocycles. The summed E-state index contributed by atoms with van der Waals surface area (Å²) in [5.41, 5.74) is 1.41. The van der Waals surface area contributed by atoms with Gasteiger partial charge in [-0.2, -0.15) is 0 Å². The van der Waals surface area contributed by atoms with E-state index >= 15 is 0 Å². The first-order valence-corrected chi connectivity index (χ1v) is 9.31. The van der Waals surface area contributed by atoms with Crippen LogP contribution in [0.2, 0.25) is 0 Å². The molecule has 1 saturated heterocycles. The first-order chi connectivity index (χ1) is 13.2. The molecule has 1 heterocycles. The molecule has 0 aromatic heterocycles. The van der Waals surface area contributed by atoms with Crippen molar-refractivity contribution in [3.8, 4) is 5.75 Å². The van der Waals surface area contributed by atoms with Gasteiger partial charge < -0.3 is 20.3 Å². The minimum Gasteiger partial charge on any atom is -0.492 e. The SMILES string of the molecule is CCOc1ccccc1NC(=O)[C@H]1CCCN(C(=O)Nc2ccccc2)C1. The lowest BCUT2D eigenvalue weighted by molar-refractivity contribution is -0.121. The molecule has 0 radical (unpaired) electrons. The van der Waals surface area contributed by atoms with Crippen LogP contribution in [0.5, 0.6) is 5.75 Å². The third-order valence-electron chi connectivity index (χ3n) is 4.55. The minimum absolute atomic E-state index is 0.0839. The Labute approximate surface area is 159 Å². The molecule has 3 amide bonds. The number of carbonyl (C=O) groups is 2. The van der Waals surface area contributed by atoms with E-state index in [4.69, 9.17) is 4.74 Å². The number of rotatable bonds is 5. The number of nitrogens with zero attached hydrogens (tertiary/aromatic N) is 1. The molecule has 1 aliphatic heterocycles. The molecule has 2 aromatic rings. The van der Waals surface area contributed by atoms with Gasteiger partial charge in [-0.3, -0.25) is 4.79 Å². The Hall–Kier alpha value is -3.02. The molecule has 2 aromatic carbocycles. The predicted octanol–water partition coefficient (Wildman–Crippen LogP) is 3.97. The lowest BCUT2D eigenvalue weighted by Crippen LogP contribution is -2.45. The molecule has 0 unspecified atom stereocenters. The Morgan fingerprint density at radius 3 is 2.59 bits per heavy atom. The van der Waals surface area contributed by atoms with E-state index in [1.165, 1.54) is 0 Å². The van der Waals surface area contributed by atoms with Crippen LogP contribution in [-0.2, 0) is 4.79 Å². The van der Waals surface area contributed by atoms with Crippen molar-refractivity contribution in [2.45, 2.75) is 19.8 Å². The number of hydrogen-bond acceptors (Lipinski definition) is 3. The van der Waals surface area contributed by atoms with Gasteiger partial charge in [0.25, 0.3) is 0 Å². The Bertz CT molecular complexity index is 779. The van der Waals surface area contributed by atoms with Gasteiger partial charge >= 0.3 is 6.03 Å². The molecule has 6 heteroatoms. The Kier molecular flexibility index (Phi) is 6.30. The summed E-state index contributed by atoms with van der Waals surface area (Å²) in [5, 5.41) is 5.83. The first-order valence-electron chi connectivity index (χ1n) is 9.31. The van der Waals surface area contributed by atoms with Crippen LogP contribution in [0, 0.1) is 5.92 Å². The first kappa shape index (κ1) is 18.8. The average molecular weight is 367 g/mol. The van der Waals surface area contributed by atoms with Gasteiger partial charge in [-0.25, -0.2) is 4.79 Å². The van der Waals surface area contributed by atoms with E-state index in [-0.39, 0.29) is 17.9 Å². The molecule has 0 aliphatic carbocycles. The molecular formula is C21H25N3O3. The van der Waals surface area contributed by atoms with Crippen molar-refractivity contribution >= 4 is 23.3 Å². The zero-order valence-corrected chi connectivity index (χ0v) is 15.5. The number of carbonyl (C=O) groups excluding carboxylic acids is 2. The van der Waals surface area contributed by atoms with E-state index in [0.29, 0.717) is 31.1 Å². The normalized spacial score (nSPS) is 16.5. The van der Waals surface area contributed by atoms with Crippen LogP contribution in [0.15, 0.2) is 54.6 Å². The van der Waals surface area contributed by atoms with E-state index < -0.39 is 0 Å². The van der Waals surface area contributed by atoms with Gasteiger partial charge in [0.2, 0.25) is 5.91 Å². The summed E-state index contributed by atoms with van der Waals surface area (Å²) in [6.45, 7) is 3.49. The summed E-state index contributed by atoms with van der Waals surface area (Å²) in [7, 11) is 0. The zero-order chi connectivity index (χ0) is 19.1. The van der Waals surface area contributed by atoms with Crippen molar-refractivity contribution in [1.29, 1.82) is 0 Å². The summed E-state index contributed by atoms with van der Waals surface area (Å²) < 4.78 is 5.56. The summed E-state index contributed by atoms with van der Waals surface area (Å²) in [4.78, 5) is 26.9. The lowest BCUT2D eigenvalue weighted by Gasteiger charge is -2.32. The highest BCUT2D eigenvalue weighted by Crippen LogP contribution is 2.26. The number of benzene rings is 2. The standard InChI is InChI=1S/C21H25N3O3/c1-2-27-19-13-7-6-12-18(19)23-20(25)16-9-8-14-24(15-16)21(26)22-17-10-4-3-5-11-17/h3-7,10-13,16H,2,8-9,14-15H2,1H3,(H,22,26)(H,23,25)/t16-/m0/s1. The minimum atomic E-state index is -0.241. The fraction of sp³-hybridized carbons (Fsp3) is 0.333. The molecule has 1 atom stereocenters.